The van der Waals surface area contributed by atoms with Crippen molar-refractivity contribution in [3.63, 3.8) is 0 Å². The van der Waals surface area contributed by atoms with Gasteiger partial charge in [0, 0.05) is 23.5 Å². The molecule has 0 unspecified atom stereocenters. The second kappa shape index (κ2) is 4.71. The summed E-state index contributed by atoms with van der Waals surface area (Å²) in [6.45, 7) is 2.06. The van der Waals surface area contributed by atoms with Crippen LogP contribution in [-0.4, -0.2) is 38.4 Å². The van der Waals surface area contributed by atoms with E-state index in [0.29, 0.717) is 23.2 Å². The summed E-state index contributed by atoms with van der Waals surface area (Å²) in [5.74, 6) is 1.27. The first-order valence-corrected chi connectivity index (χ1v) is 9.16. The van der Waals surface area contributed by atoms with Crippen LogP contribution in [0.4, 0.5) is 5.13 Å². The van der Waals surface area contributed by atoms with E-state index in [-0.39, 0.29) is 22.7 Å². The number of thioether (sulfide) groups is 1. The lowest BCUT2D eigenvalue weighted by atomic mass is 10.2. The predicted octanol–water partition coefficient (Wildman–Crippen LogP) is 2.41. The van der Waals surface area contributed by atoms with E-state index in [1.807, 2.05) is 5.38 Å². The summed E-state index contributed by atoms with van der Waals surface area (Å²) in [5.41, 5.74) is 1.10. The van der Waals surface area contributed by atoms with Crippen LogP contribution in [0.25, 0.3) is 0 Å². The Morgan fingerprint density at radius 3 is 3.10 bits per heavy atom. The fourth-order valence-electron chi connectivity index (χ4n) is 3.11. The third-order valence-corrected chi connectivity index (χ3v) is 6.78. The van der Waals surface area contributed by atoms with Gasteiger partial charge in [-0.15, -0.1) is 23.1 Å². The molecule has 2 atom stereocenters. The first-order valence-electron chi connectivity index (χ1n) is 7.29. The average Bonchev–Trinajstić information content (AvgIpc) is 2.99. The Labute approximate surface area is 131 Å². The largest absolute Gasteiger partial charge is 0.315 e. The second-order valence-corrected chi connectivity index (χ2v) is 8.47. The normalized spacial score (nSPS) is 31.6. The summed E-state index contributed by atoms with van der Waals surface area (Å²) in [4.78, 5) is 30.6. The van der Waals surface area contributed by atoms with Crippen molar-refractivity contribution in [1.82, 2.24) is 9.88 Å². The van der Waals surface area contributed by atoms with E-state index < -0.39 is 0 Å². The fourth-order valence-corrected chi connectivity index (χ4v) is 5.34. The molecule has 5 nitrogen and oxygen atoms in total. The van der Waals surface area contributed by atoms with Gasteiger partial charge in [0.2, 0.25) is 11.8 Å². The molecule has 1 aromatic heterocycles. The van der Waals surface area contributed by atoms with Gasteiger partial charge in [0.15, 0.2) is 5.13 Å². The van der Waals surface area contributed by atoms with E-state index in [2.05, 4.69) is 17.2 Å². The highest BCUT2D eigenvalue weighted by Gasteiger charge is 2.52. The Balaban J connectivity index is 1.48. The monoisotopic (exact) mass is 323 g/mol. The van der Waals surface area contributed by atoms with E-state index in [4.69, 9.17) is 0 Å². The third-order valence-electron chi connectivity index (χ3n) is 4.50. The number of aromatic nitrogens is 1. The summed E-state index contributed by atoms with van der Waals surface area (Å²) in [7, 11) is 0. The number of thiazole rings is 1. The van der Waals surface area contributed by atoms with Crippen molar-refractivity contribution in [2.24, 2.45) is 0 Å². The van der Waals surface area contributed by atoms with Crippen LogP contribution >= 0.6 is 23.1 Å². The van der Waals surface area contributed by atoms with Crippen molar-refractivity contribution in [2.45, 2.75) is 49.4 Å². The summed E-state index contributed by atoms with van der Waals surface area (Å²) in [6.07, 6.45) is 3.80. The molecule has 2 aliphatic heterocycles. The van der Waals surface area contributed by atoms with Crippen molar-refractivity contribution in [3.8, 4) is 0 Å². The van der Waals surface area contributed by atoms with Gasteiger partial charge >= 0.3 is 0 Å². The minimum Gasteiger partial charge on any atom is -0.315 e. The highest BCUT2D eigenvalue weighted by atomic mass is 32.2. The Bertz CT molecular complexity index is 613. The number of fused-ring (bicyclic) bond motifs is 1. The molecule has 21 heavy (non-hydrogen) atoms. The first-order chi connectivity index (χ1) is 10.1. The number of nitrogens with zero attached hydrogens (tertiary/aromatic N) is 2. The van der Waals surface area contributed by atoms with Gasteiger partial charge in [0.25, 0.3) is 0 Å². The van der Waals surface area contributed by atoms with Crippen molar-refractivity contribution in [3.05, 3.63) is 11.1 Å². The molecule has 1 N–H and O–H groups in total. The zero-order valence-electron chi connectivity index (χ0n) is 11.8. The number of nitrogens with one attached hydrogen (secondary N) is 1. The molecule has 2 amide bonds. The molecule has 0 radical (unpaired) electrons. The summed E-state index contributed by atoms with van der Waals surface area (Å²) < 4.78 is 0. The minimum atomic E-state index is -0.358. The first kappa shape index (κ1) is 13.6. The van der Waals surface area contributed by atoms with E-state index in [1.54, 1.807) is 16.7 Å². The molecule has 0 spiro atoms. The topological polar surface area (TPSA) is 62.3 Å². The highest BCUT2D eigenvalue weighted by Crippen LogP contribution is 2.47. The molecule has 112 valence electrons. The lowest BCUT2D eigenvalue weighted by Gasteiger charge is -2.29. The van der Waals surface area contributed by atoms with Gasteiger partial charge in [-0.05, 0) is 26.2 Å². The van der Waals surface area contributed by atoms with Gasteiger partial charge in [-0.3, -0.25) is 9.59 Å². The molecule has 3 heterocycles. The zero-order valence-corrected chi connectivity index (χ0v) is 13.4. The number of anilines is 1. The standard InChI is InChI=1S/C14H17N3O2S2/c1-14-5-4-11(18)17(14)10(7-21-14)12(19)16-13-15-9(6-20-13)8-2-3-8/h6,8,10H,2-5,7H2,1H3,(H,15,16,19)/t10-,14+/m1/s1. The Morgan fingerprint density at radius 2 is 2.33 bits per heavy atom. The van der Waals surface area contributed by atoms with E-state index in [9.17, 15) is 9.59 Å². The van der Waals surface area contributed by atoms with Crippen molar-refractivity contribution < 1.29 is 9.59 Å². The van der Waals surface area contributed by atoms with Crippen LogP contribution in [0.1, 0.15) is 44.2 Å². The molecule has 3 aliphatic rings. The number of rotatable bonds is 3. The summed E-state index contributed by atoms with van der Waals surface area (Å²) in [5, 5.41) is 5.59. The second-order valence-electron chi connectivity index (χ2n) is 6.11. The SMILES string of the molecule is C[C@]12CCC(=O)N1[C@@H](C(=O)Nc1nc(C3CC3)cs1)CS2. The average molecular weight is 323 g/mol. The maximum absolute atomic E-state index is 12.5. The van der Waals surface area contributed by atoms with Crippen molar-refractivity contribution in [2.75, 3.05) is 11.1 Å². The molecule has 0 aromatic carbocycles. The Hall–Kier alpha value is -1.08. The molecular weight excluding hydrogens is 306 g/mol. The number of carbonyl (C=O) groups excluding carboxylic acids is 2. The van der Waals surface area contributed by atoms with Gasteiger partial charge in [0.1, 0.15) is 6.04 Å². The highest BCUT2D eigenvalue weighted by molar-refractivity contribution is 8.01. The van der Waals surface area contributed by atoms with Gasteiger partial charge < -0.3 is 10.2 Å². The van der Waals surface area contributed by atoms with Gasteiger partial charge in [0.05, 0.1) is 10.6 Å². The van der Waals surface area contributed by atoms with Crippen LogP contribution in [0.3, 0.4) is 0 Å². The summed E-state index contributed by atoms with van der Waals surface area (Å²) >= 11 is 3.19. The maximum atomic E-state index is 12.5. The molecule has 1 saturated carbocycles. The zero-order chi connectivity index (χ0) is 14.6. The van der Waals surface area contributed by atoms with E-state index in [0.717, 1.165) is 12.1 Å². The van der Waals surface area contributed by atoms with Crippen LogP contribution in [0, 0.1) is 0 Å². The number of carbonyl (C=O) groups is 2. The number of hydrogen-bond acceptors (Lipinski definition) is 5. The smallest absolute Gasteiger partial charge is 0.249 e. The van der Waals surface area contributed by atoms with Crippen LogP contribution < -0.4 is 5.32 Å². The fraction of sp³-hybridized carbons (Fsp3) is 0.643. The number of amides is 2. The lowest BCUT2D eigenvalue weighted by Crippen LogP contribution is -2.48. The molecule has 2 saturated heterocycles. The quantitative estimate of drug-likeness (QED) is 0.928. The molecule has 1 aliphatic carbocycles. The predicted molar refractivity (Wildman–Crippen MR) is 83.4 cm³/mol. The Morgan fingerprint density at radius 1 is 1.52 bits per heavy atom. The third kappa shape index (κ3) is 2.26. The van der Waals surface area contributed by atoms with Crippen LogP contribution in [0.15, 0.2) is 5.38 Å². The van der Waals surface area contributed by atoms with Crippen LogP contribution in [0.2, 0.25) is 0 Å². The van der Waals surface area contributed by atoms with Gasteiger partial charge in [-0.2, -0.15) is 0 Å². The van der Waals surface area contributed by atoms with E-state index >= 15 is 0 Å². The maximum Gasteiger partial charge on any atom is 0.249 e. The summed E-state index contributed by atoms with van der Waals surface area (Å²) in [6, 6.07) is -0.358. The van der Waals surface area contributed by atoms with Crippen LogP contribution in [0.5, 0.6) is 0 Å². The molecule has 7 heteroatoms. The minimum absolute atomic E-state index is 0.0976. The van der Waals surface area contributed by atoms with Crippen LogP contribution in [-0.2, 0) is 9.59 Å². The molecular formula is C14H17N3O2S2. The Kier molecular flexibility index (Phi) is 3.04. The molecule has 4 rings (SSSR count). The van der Waals surface area contributed by atoms with Gasteiger partial charge in [-0.25, -0.2) is 4.98 Å². The number of hydrogen-bond donors (Lipinski definition) is 1. The van der Waals surface area contributed by atoms with Crippen molar-refractivity contribution >= 4 is 40.0 Å². The van der Waals surface area contributed by atoms with Gasteiger partial charge in [-0.1, -0.05) is 0 Å². The van der Waals surface area contributed by atoms with E-state index in [1.165, 1.54) is 24.2 Å². The molecule has 1 aromatic rings. The van der Waals surface area contributed by atoms with Crippen molar-refractivity contribution in [1.29, 1.82) is 0 Å². The lowest BCUT2D eigenvalue weighted by molar-refractivity contribution is -0.135. The molecule has 0 bridgehead atoms. The molecule has 3 fully saturated rings.